The summed E-state index contributed by atoms with van der Waals surface area (Å²) in [5, 5.41) is 0.670. The van der Waals surface area contributed by atoms with Crippen molar-refractivity contribution in [3.05, 3.63) is 0 Å². The average molecular weight is 316 g/mol. The molecular formula is C15H24O3S2. The standard InChI is InChI=1S/C15H24O3S2/c1-11-14(20-9-8-19-11)13(16)12-2-5-18-15(10-12)3-6-17-7-4-15/h11-12,14H,2-10H2,1H3. The lowest BCUT2D eigenvalue weighted by Crippen LogP contribution is -2.48. The minimum atomic E-state index is -0.0630. The number of Topliss-reactive ketones (excluding diaryl/α,β-unsaturated/α-hetero) is 1. The van der Waals surface area contributed by atoms with E-state index < -0.39 is 0 Å². The van der Waals surface area contributed by atoms with Gasteiger partial charge in [-0.25, -0.2) is 0 Å². The number of hydrogen-bond donors (Lipinski definition) is 0. The minimum absolute atomic E-state index is 0.0630. The third-order valence-corrected chi connectivity index (χ3v) is 7.88. The molecule has 3 rings (SSSR count). The Balaban J connectivity index is 1.65. The van der Waals surface area contributed by atoms with Crippen LogP contribution in [0.25, 0.3) is 0 Å². The van der Waals surface area contributed by atoms with Crippen molar-refractivity contribution in [3.8, 4) is 0 Å². The largest absolute Gasteiger partial charge is 0.381 e. The number of carbonyl (C=O) groups is 1. The first-order chi connectivity index (χ1) is 9.70. The van der Waals surface area contributed by atoms with Gasteiger partial charge in [0.05, 0.1) is 10.9 Å². The molecule has 3 atom stereocenters. The van der Waals surface area contributed by atoms with Crippen LogP contribution in [0.3, 0.4) is 0 Å². The summed E-state index contributed by atoms with van der Waals surface area (Å²) in [5.74, 6) is 3.00. The summed E-state index contributed by atoms with van der Waals surface area (Å²) in [6.07, 6.45) is 3.75. The van der Waals surface area contributed by atoms with Crippen molar-refractivity contribution < 1.29 is 14.3 Å². The van der Waals surface area contributed by atoms with Crippen molar-refractivity contribution in [1.29, 1.82) is 0 Å². The molecule has 0 aromatic carbocycles. The fourth-order valence-electron chi connectivity index (χ4n) is 3.54. The molecule has 3 nitrogen and oxygen atoms in total. The maximum Gasteiger partial charge on any atom is 0.150 e. The van der Waals surface area contributed by atoms with E-state index in [0.29, 0.717) is 11.0 Å². The zero-order valence-electron chi connectivity index (χ0n) is 12.1. The van der Waals surface area contributed by atoms with E-state index in [1.165, 1.54) is 5.75 Å². The highest BCUT2D eigenvalue weighted by Crippen LogP contribution is 2.40. The third kappa shape index (κ3) is 3.21. The smallest absolute Gasteiger partial charge is 0.150 e. The van der Waals surface area contributed by atoms with Gasteiger partial charge in [0.1, 0.15) is 5.78 Å². The summed E-state index contributed by atoms with van der Waals surface area (Å²) in [7, 11) is 0. The van der Waals surface area contributed by atoms with E-state index in [9.17, 15) is 4.79 Å². The van der Waals surface area contributed by atoms with E-state index in [-0.39, 0.29) is 16.8 Å². The summed E-state index contributed by atoms with van der Waals surface area (Å²) in [5.41, 5.74) is -0.0630. The van der Waals surface area contributed by atoms with Crippen LogP contribution in [0, 0.1) is 5.92 Å². The summed E-state index contributed by atoms with van der Waals surface area (Å²) in [6, 6.07) is 0. The second-order valence-electron chi connectivity index (χ2n) is 6.10. The number of ketones is 1. The van der Waals surface area contributed by atoms with E-state index in [1.54, 1.807) is 0 Å². The van der Waals surface area contributed by atoms with E-state index in [4.69, 9.17) is 9.47 Å². The van der Waals surface area contributed by atoms with Crippen molar-refractivity contribution >= 4 is 29.3 Å². The van der Waals surface area contributed by atoms with Gasteiger partial charge in [0.2, 0.25) is 0 Å². The molecule has 3 fully saturated rings. The molecule has 114 valence electrons. The van der Waals surface area contributed by atoms with Gasteiger partial charge >= 0.3 is 0 Å². The fourth-order valence-corrected chi connectivity index (χ4v) is 6.34. The first kappa shape index (κ1) is 15.2. The summed E-state index contributed by atoms with van der Waals surface area (Å²) in [6.45, 7) is 4.52. The van der Waals surface area contributed by atoms with Gasteiger partial charge in [-0.15, -0.1) is 11.8 Å². The highest BCUT2D eigenvalue weighted by atomic mass is 32.2. The predicted molar refractivity (Wildman–Crippen MR) is 84.6 cm³/mol. The normalized spacial score (nSPS) is 37.8. The Bertz CT molecular complexity index is 350. The maximum absolute atomic E-state index is 12.9. The van der Waals surface area contributed by atoms with Crippen LogP contribution in [0.5, 0.6) is 0 Å². The van der Waals surface area contributed by atoms with E-state index in [0.717, 1.165) is 51.3 Å². The van der Waals surface area contributed by atoms with Crippen molar-refractivity contribution in [3.63, 3.8) is 0 Å². The highest BCUT2D eigenvalue weighted by molar-refractivity contribution is 8.07. The van der Waals surface area contributed by atoms with Crippen LogP contribution in [0.15, 0.2) is 0 Å². The van der Waals surface area contributed by atoms with Gasteiger partial charge in [-0.05, 0) is 25.7 Å². The Hall–Kier alpha value is 0.290. The predicted octanol–water partition coefficient (Wildman–Crippen LogP) is 2.77. The molecule has 0 N–H and O–H groups in total. The molecule has 0 amide bonds. The molecule has 0 aliphatic carbocycles. The molecule has 0 bridgehead atoms. The lowest BCUT2D eigenvalue weighted by molar-refractivity contribution is -0.156. The van der Waals surface area contributed by atoms with Gasteiger partial charge in [0.15, 0.2) is 0 Å². The van der Waals surface area contributed by atoms with Gasteiger partial charge in [-0.1, -0.05) is 6.92 Å². The minimum Gasteiger partial charge on any atom is -0.381 e. The molecule has 0 aromatic rings. The van der Waals surface area contributed by atoms with Crippen LogP contribution in [-0.4, -0.2) is 53.2 Å². The van der Waals surface area contributed by atoms with Crippen LogP contribution < -0.4 is 0 Å². The van der Waals surface area contributed by atoms with Crippen LogP contribution in [-0.2, 0) is 14.3 Å². The summed E-state index contributed by atoms with van der Waals surface area (Å²) < 4.78 is 11.5. The SMILES string of the molecule is CC1SCCSC1C(=O)C1CCOC2(CCOCC2)C1. The zero-order chi connectivity index (χ0) is 14.0. The molecule has 3 heterocycles. The molecular weight excluding hydrogens is 292 g/mol. The van der Waals surface area contributed by atoms with Crippen molar-refractivity contribution in [2.24, 2.45) is 5.92 Å². The van der Waals surface area contributed by atoms with Gasteiger partial charge < -0.3 is 9.47 Å². The first-order valence-corrected chi connectivity index (χ1v) is 9.79. The Labute approximate surface area is 129 Å². The topological polar surface area (TPSA) is 35.5 Å². The van der Waals surface area contributed by atoms with Crippen LogP contribution in [0.1, 0.15) is 32.6 Å². The molecule has 1 spiro atoms. The molecule has 0 radical (unpaired) electrons. The summed E-state index contributed by atoms with van der Waals surface area (Å²) >= 11 is 3.82. The van der Waals surface area contributed by atoms with Crippen molar-refractivity contribution in [1.82, 2.24) is 0 Å². The lowest BCUT2D eigenvalue weighted by Gasteiger charge is -2.44. The Morgan fingerprint density at radius 1 is 1.15 bits per heavy atom. The van der Waals surface area contributed by atoms with E-state index in [2.05, 4.69) is 6.92 Å². The molecule has 3 saturated heterocycles. The molecule has 3 aliphatic heterocycles. The molecule has 3 unspecified atom stereocenters. The number of ether oxygens (including phenoxy) is 2. The number of thioether (sulfide) groups is 2. The van der Waals surface area contributed by atoms with Crippen molar-refractivity contribution in [2.45, 2.75) is 48.7 Å². The maximum atomic E-state index is 12.9. The molecule has 5 heteroatoms. The second kappa shape index (κ2) is 6.59. The Morgan fingerprint density at radius 3 is 2.65 bits per heavy atom. The lowest BCUT2D eigenvalue weighted by atomic mass is 9.78. The third-order valence-electron chi connectivity index (χ3n) is 4.77. The Morgan fingerprint density at radius 2 is 1.90 bits per heavy atom. The molecule has 20 heavy (non-hydrogen) atoms. The average Bonchev–Trinajstić information content (AvgIpc) is 2.48. The number of hydrogen-bond acceptors (Lipinski definition) is 5. The monoisotopic (exact) mass is 316 g/mol. The number of rotatable bonds is 2. The zero-order valence-corrected chi connectivity index (χ0v) is 13.8. The van der Waals surface area contributed by atoms with Crippen LogP contribution in [0.4, 0.5) is 0 Å². The highest BCUT2D eigenvalue weighted by Gasteiger charge is 2.43. The van der Waals surface area contributed by atoms with Crippen molar-refractivity contribution in [2.75, 3.05) is 31.3 Å². The van der Waals surface area contributed by atoms with Gasteiger partial charge in [0, 0.05) is 42.5 Å². The van der Waals surface area contributed by atoms with E-state index in [1.807, 2.05) is 23.5 Å². The quantitative estimate of drug-likeness (QED) is 0.783. The number of carbonyl (C=O) groups excluding carboxylic acids is 1. The second-order valence-corrected chi connectivity index (χ2v) is 8.84. The van der Waals surface area contributed by atoms with Crippen LogP contribution in [0.2, 0.25) is 0 Å². The fraction of sp³-hybridized carbons (Fsp3) is 0.933. The van der Waals surface area contributed by atoms with Crippen LogP contribution >= 0.6 is 23.5 Å². The molecule has 0 saturated carbocycles. The van der Waals surface area contributed by atoms with E-state index >= 15 is 0 Å². The Kier molecular flexibility index (Phi) is 5.01. The first-order valence-electron chi connectivity index (χ1n) is 7.69. The van der Waals surface area contributed by atoms with Gasteiger partial charge in [0.25, 0.3) is 0 Å². The van der Waals surface area contributed by atoms with Gasteiger partial charge in [-0.3, -0.25) is 4.79 Å². The molecule has 0 aromatic heterocycles. The molecule has 3 aliphatic rings. The van der Waals surface area contributed by atoms with Gasteiger partial charge in [-0.2, -0.15) is 11.8 Å². The summed E-state index contributed by atoms with van der Waals surface area (Å²) in [4.78, 5) is 12.9.